The van der Waals surface area contributed by atoms with Gasteiger partial charge in [-0.3, -0.25) is 0 Å². The molecule has 128 valence electrons. The van der Waals surface area contributed by atoms with Crippen molar-refractivity contribution in [2.45, 2.75) is 12.8 Å². The van der Waals surface area contributed by atoms with E-state index >= 15 is 0 Å². The first kappa shape index (κ1) is 15.7. The highest BCUT2D eigenvalue weighted by Gasteiger charge is 2.29. The third-order valence-electron chi connectivity index (χ3n) is 4.27. The number of hydrogen-bond donors (Lipinski definition) is 0. The van der Waals surface area contributed by atoms with Crippen molar-refractivity contribution in [3.8, 4) is 5.75 Å². The van der Waals surface area contributed by atoms with Crippen molar-refractivity contribution in [2.24, 2.45) is 0 Å². The van der Waals surface area contributed by atoms with Crippen molar-refractivity contribution < 1.29 is 9.47 Å². The summed E-state index contributed by atoms with van der Waals surface area (Å²) in [7, 11) is 1.67. The van der Waals surface area contributed by atoms with E-state index in [1.165, 1.54) is 0 Å². The molecular formula is C19H20N4O2. The number of ether oxygens (including phenoxy) is 2. The minimum Gasteiger partial charge on any atom is -0.497 e. The fourth-order valence-electron chi connectivity index (χ4n) is 3.06. The van der Waals surface area contributed by atoms with Crippen molar-refractivity contribution in [3.05, 3.63) is 72.1 Å². The van der Waals surface area contributed by atoms with Crippen molar-refractivity contribution in [1.82, 2.24) is 15.0 Å². The van der Waals surface area contributed by atoms with E-state index in [0.717, 1.165) is 29.2 Å². The lowest BCUT2D eigenvalue weighted by Crippen LogP contribution is -2.23. The van der Waals surface area contributed by atoms with Crippen LogP contribution in [0.3, 0.4) is 0 Å². The summed E-state index contributed by atoms with van der Waals surface area (Å²) in [5, 5.41) is 8.59. The van der Waals surface area contributed by atoms with Crippen molar-refractivity contribution >= 4 is 5.69 Å². The second-order valence-corrected chi connectivity index (χ2v) is 5.94. The number of nitrogens with zero attached hydrogens (tertiary/aromatic N) is 4. The van der Waals surface area contributed by atoms with Crippen LogP contribution in [0, 0.1) is 0 Å². The average Bonchev–Trinajstić information content (AvgIpc) is 3.32. The molecule has 0 N–H and O–H groups in total. The molecule has 2 aromatic carbocycles. The van der Waals surface area contributed by atoms with Gasteiger partial charge >= 0.3 is 0 Å². The van der Waals surface area contributed by atoms with Gasteiger partial charge in [-0.1, -0.05) is 35.5 Å². The molecule has 0 radical (unpaired) electrons. The van der Waals surface area contributed by atoms with E-state index < -0.39 is 0 Å². The highest BCUT2D eigenvalue weighted by atomic mass is 16.5. The monoisotopic (exact) mass is 336 g/mol. The zero-order valence-electron chi connectivity index (χ0n) is 14.1. The molecule has 25 heavy (non-hydrogen) atoms. The maximum absolute atomic E-state index is 5.90. The minimum atomic E-state index is -0.193. The molecule has 6 nitrogen and oxygen atoms in total. The van der Waals surface area contributed by atoms with Crippen LogP contribution in [0.1, 0.15) is 17.5 Å². The Bertz CT molecular complexity index is 834. The van der Waals surface area contributed by atoms with E-state index in [-0.39, 0.29) is 6.23 Å². The lowest BCUT2D eigenvalue weighted by atomic mass is 10.2. The van der Waals surface area contributed by atoms with Gasteiger partial charge in [0.1, 0.15) is 11.4 Å². The van der Waals surface area contributed by atoms with E-state index in [0.29, 0.717) is 13.2 Å². The summed E-state index contributed by atoms with van der Waals surface area (Å²) in [6.45, 7) is 2.17. The van der Waals surface area contributed by atoms with Gasteiger partial charge in [-0.15, -0.1) is 5.10 Å². The SMILES string of the molecule is COc1cccc(Cn2cc([C@H]3OCCN3c3ccccc3)nn2)c1. The molecule has 0 spiro atoms. The molecule has 1 saturated heterocycles. The maximum Gasteiger partial charge on any atom is 0.177 e. The van der Waals surface area contributed by atoms with Gasteiger partial charge in [0.05, 0.1) is 26.5 Å². The number of rotatable bonds is 5. The van der Waals surface area contributed by atoms with Crippen LogP contribution in [0.15, 0.2) is 60.8 Å². The molecule has 1 fully saturated rings. The molecule has 0 saturated carbocycles. The number of para-hydroxylation sites is 1. The minimum absolute atomic E-state index is 0.193. The van der Waals surface area contributed by atoms with Gasteiger partial charge in [0, 0.05) is 12.2 Å². The fraction of sp³-hybridized carbons (Fsp3) is 0.263. The Morgan fingerprint density at radius 2 is 2.04 bits per heavy atom. The zero-order valence-corrected chi connectivity index (χ0v) is 14.1. The van der Waals surface area contributed by atoms with E-state index in [1.807, 2.05) is 53.3 Å². The van der Waals surface area contributed by atoms with Gasteiger partial charge in [0.25, 0.3) is 0 Å². The Hall–Kier alpha value is -2.86. The third-order valence-corrected chi connectivity index (χ3v) is 4.27. The van der Waals surface area contributed by atoms with E-state index in [4.69, 9.17) is 9.47 Å². The van der Waals surface area contributed by atoms with Crippen molar-refractivity contribution in [1.29, 1.82) is 0 Å². The van der Waals surface area contributed by atoms with E-state index in [1.54, 1.807) is 7.11 Å². The number of methoxy groups -OCH3 is 1. The summed E-state index contributed by atoms with van der Waals surface area (Å²) in [5.41, 5.74) is 3.07. The quantitative estimate of drug-likeness (QED) is 0.717. The molecule has 0 bridgehead atoms. The first-order valence-electron chi connectivity index (χ1n) is 8.30. The fourth-order valence-corrected chi connectivity index (χ4v) is 3.06. The molecule has 1 aliphatic rings. The first-order chi connectivity index (χ1) is 12.3. The molecule has 6 heteroatoms. The highest BCUT2D eigenvalue weighted by molar-refractivity contribution is 5.48. The molecule has 3 aromatic rings. The normalized spacial score (nSPS) is 17.0. The van der Waals surface area contributed by atoms with Crippen LogP contribution in [-0.4, -0.2) is 35.3 Å². The summed E-state index contributed by atoms with van der Waals surface area (Å²) in [5.74, 6) is 0.840. The molecule has 0 aliphatic carbocycles. The summed E-state index contributed by atoms with van der Waals surface area (Å²) in [6, 6.07) is 18.2. The van der Waals surface area contributed by atoms with Crippen LogP contribution in [0.4, 0.5) is 5.69 Å². The summed E-state index contributed by atoms with van der Waals surface area (Å²) in [4.78, 5) is 2.21. The lowest BCUT2D eigenvalue weighted by Gasteiger charge is -2.23. The van der Waals surface area contributed by atoms with E-state index in [2.05, 4.69) is 27.3 Å². The van der Waals surface area contributed by atoms with Crippen LogP contribution in [-0.2, 0) is 11.3 Å². The van der Waals surface area contributed by atoms with Crippen molar-refractivity contribution in [3.63, 3.8) is 0 Å². The predicted molar refractivity (Wildman–Crippen MR) is 94.6 cm³/mol. The molecule has 1 aliphatic heterocycles. The molecule has 4 rings (SSSR count). The second-order valence-electron chi connectivity index (χ2n) is 5.94. The van der Waals surface area contributed by atoms with Gasteiger partial charge in [0.2, 0.25) is 0 Å². The van der Waals surface area contributed by atoms with Gasteiger partial charge in [-0.2, -0.15) is 0 Å². The number of anilines is 1. The molecule has 1 atom stereocenters. The van der Waals surface area contributed by atoms with Gasteiger partial charge in [-0.05, 0) is 29.8 Å². The van der Waals surface area contributed by atoms with Crippen molar-refractivity contribution in [2.75, 3.05) is 25.2 Å². The van der Waals surface area contributed by atoms with Crippen LogP contribution < -0.4 is 9.64 Å². The van der Waals surface area contributed by atoms with Gasteiger partial charge < -0.3 is 14.4 Å². The summed E-state index contributed by atoms with van der Waals surface area (Å²) >= 11 is 0. The Labute approximate surface area is 146 Å². The second kappa shape index (κ2) is 6.94. The molecular weight excluding hydrogens is 316 g/mol. The number of hydrogen-bond acceptors (Lipinski definition) is 5. The number of benzene rings is 2. The maximum atomic E-state index is 5.90. The smallest absolute Gasteiger partial charge is 0.177 e. The van der Waals surface area contributed by atoms with Crippen LogP contribution >= 0.6 is 0 Å². The van der Waals surface area contributed by atoms with E-state index in [9.17, 15) is 0 Å². The standard InChI is InChI=1S/C19H20N4O2/c1-24-17-9-5-6-15(12-17)13-22-14-18(20-21-22)19-23(10-11-25-19)16-7-3-2-4-8-16/h2-9,12,14,19H,10-11,13H2,1H3/t19-/m1/s1. The van der Waals surface area contributed by atoms with Gasteiger partial charge in [-0.25, -0.2) is 4.68 Å². The largest absolute Gasteiger partial charge is 0.497 e. The molecule has 1 aromatic heterocycles. The summed E-state index contributed by atoms with van der Waals surface area (Å²) < 4.78 is 13.0. The third kappa shape index (κ3) is 3.34. The lowest BCUT2D eigenvalue weighted by molar-refractivity contribution is 0.110. The van der Waals surface area contributed by atoms with Gasteiger partial charge in [0.15, 0.2) is 6.23 Å². The highest BCUT2D eigenvalue weighted by Crippen LogP contribution is 2.30. The Balaban J connectivity index is 1.52. The zero-order chi connectivity index (χ0) is 17.1. The summed E-state index contributed by atoms with van der Waals surface area (Å²) in [6.07, 6.45) is 1.76. The van der Waals surface area contributed by atoms with Crippen LogP contribution in [0.25, 0.3) is 0 Å². The Morgan fingerprint density at radius 3 is 2.88 bits per heavy atom. The Morgan fingerprint density at radius 1 is 1.16 bits per heavy atom. The molecule has 0 unspecified atom stereocenters. The topological polar surface area (TPSA) is 52.4 Å². The van der Waals surface area contributed by atoms with Crippen LogP contribution in [0.5, 0.6) is 5.75 Å². The Kier molecular flexibility index (Phi) is 4.35. The number of aromatic nitrogens is 3. The molecule has 2 heterocycles. The van der Waals surface area contributed by atoms with Crippen LogP contribution in [0.2, 0.25) is 0 Å². The average molecular weight is 336 g/mol. The predicted octanol–water partition coefficient (Wildman–Crippen LogP) is 2.87. The first-order valence-corrected chi connectivity index (χ1v) is 8.30. The molecule has 0 amide bonds.